The molecule has 10 aromatic carbocycles. The van der Waals surface area contributed by atoms with Gasteiger partial charge in [-0.15, -0.1) is 0 Å². The molecule has 300 valence electrons. The second-order valence-electron chi connectivity index (χ2n) is 17.3. The highest BCUT2D eigenvalue weighted by molar-refractivity contribution is 6.20. The minimum Gasteiger partial charge on any atom is -0.454 e. The molecule has 12 rings (SSSR count). The molecule has 0 fully saturated rings. The van der Waals surface area contributed by atoms with Gasteiger partial charge in [0.05, 0.1) is 11.4 Å². The molecule has 3 heteroatoms. The highest BCUT2D eigenvalue weighted by atomic mass is 16.3. The number of aryl methyl sites for hydroxylation is 1. The number of nitrogens with zero attached hydrogens (tertiary/aromatic N) is 2. The first-order valence-corrected chi connectivity index (χ1v) is 21.9. The van der Waals surface area contributed by atoms with Crippen LogP contribution in [0.25, 0.3) is 65.7 Å². The topological polar surface area (TPSA) is 19.6 Å². The number of rotatable bonds is 7. The molecule has 0 saturated heterocycles. The zero-order chi connectivity index (χ0) is 42.2. The molecule has 3 nitrogen and oxygen atoms in total. The van der Waals surface area contributed by atoms with Gasteiger partial charge in [-0.25, -0.2) is 0 Å². The van der Waals surface area contributed by atoms with E-state index < -0.39 is 0 Å². The Hall–Kier alpha value is -7.88. The Morgan fingerprint density at radius 2 is 1.00 bits per heavy atom. The summed E-state index contributed by atoms with van der Waals surface area (Å²) in [6.45, 7) is 7.12. The van der Waals surface area contributed by atoms with E-state index in [2.05, 4.69) is 237 Å². The fourth-order valence-electron chi connectivity index (χ4n) is 10.4. The summed E-state index contributed by atoms with van der Waals surface area (Å²) in [5.41, 5.74) is 16.9. The lowest BCUT2D eigenvalue weighted by molar-refractivity contribution is 0.645. The van der Waals surface area contributed by atoms with Crippen LogP contribution in [0.15, 0.2) is 217 Å². The van der Waals surface area contributed by atoms with E-state index in [1.807, 2.05) is 6.07 Å². The third-order valence-electron chi connectivity index (χ3n) is 13.4. The van der Waals surface area contributed by atoms with Crippen LogP contribution in [-0.2, 0) is 5.41 Å². The summed E-state index contributed by atoms with van der Waals surface area (Å²) in [6, 6.07) is 76.8. The van der Waals surface area contributed by atoms with Crippen molar-refractivity contribution < 1.29 is 4.42 Å². The third kappa shape index (κ3) is 5.73. The summed E-state index contributed by atoms with van der Waals surface area (Å²) >= 11 is 0. The second kappa shape index (κ2) is 14.4. The second-order valence-corrected chi connectivity index (χ2v) is 17.3. The van der Waals surface area contributed by atoms with Crippen LogP contribution in [0.3, 0.4) is 0 Å². The summed E-state index contributed by atoms with van der Waals surface area (Å²) in [4.78, 5) is 4.78. The number of hydrogen-bond donors (Lipinski definition) is 0. The van der Waals surface area contributed by atoms with Gasteiger partial charge >= 0.3 is 0 Å². The number of para-hydroxylation sites is 5. The first kappa shape index (κ1) is 36.9. The molecular formula is C60H44N2O. The maximum absolute atomic E-state index is 6.77. The molecular weight excluding hydrogens is 765 g/mol. The number of fused-ring (bicyclic) bond motifs is 7. The van der Waals surface area contributed by atoms with Crippen molar-refractivity contribution in [3.63, 3.8) is 0 Å². The standard InChI is InChI=1S/C60H44N2O/c1-39-45-35-33-43(62(54-30-15-13-25-46(54)40-19-7-4-8-20-40)55-31-18-28-49-47-26-14-16-32-56(47)63-59(49)55)37-51(45)48-27-17-29-52-58(48)57(39)50-36-34-44(38-53(50)60(52,2)3)61(41-21-9-5-10-22-41)42-23-11-6-12-24-42/h4-38H,1-3H3. The largest absolute Gasteiger partial charge is 0.454 e. The first-order valence-electron chi connectivity index (χ1n) is 21.9. The predicted octanol–water partition coefficient (Wildman–Crippen LogP) is 17.1. The molecule has 0 spiro atoms. The molecule has 1 aliphatic carbocycles. The lowest BCUT2D eigenvalue weighted by Crippen LogP contribution is -2.24. The maximum Gasteiger partial charge on any atom is 0.159 e. The van der Waals surface area contributed by atoms with Crippen LogP contribution in [0.5, 0.6) is 0 Å². The summed E-state index contributed by atoms with van der Waals surface area (Å²) in [5, 5.41) is 7.30. The van der Waals surface area contributed by atoms with Crippen LogP contribution in [0.2, 0.25) is 0 Å². The average molecular weight is 809 g/mol. The van der Waals surface area contributed by atoms with E-state index in [-0.39, 0.29) is 5.41 Å². The van der Waals surface area contributed by atoms with Gasteiger partial charge in [0, 0.05) is 44.5 Å². The fourth-order valence-corrected chi connectivity index (χ4v) is 10.4. The van der Waals surface area contributed by atoms with Gasteiger partial charge in [0.25, 0.3) is 0 Å². The molecule has 0 atom stereocenters. The Morgan fingerprint density at radius 3 is 1.78 bits per heavy atom. The summed E-state index contributed by atoms with van der Waals surface area (Å²) < 4.78 is 6.77. The van der Waals surface area contributed by atoms with Crippen LogP contribution >= 0.6 is 0 Å². The van der Waals surface area contributed by atoms with Gasteiger partial charge in [-0.05, 0) is 129 Å². The van der Waals surface area contributed by atoms with E-state index in [4.69, 9.17) is 4.42 Å². The van der Waals surface area contributed by atoms with Gasteiger partial charge < -0.3 is 14.2 Å². The van der Waals surface area contributed by atoms with E-state index in [0.717, 1.165) is 67.2 Å². The number of benzene rings is 10. The Bertz CT molecular complexity index is 3510. The van der Waals surface area contributed by atoms with Crippen molar-refractivity contribution >= 4 is 77.6 Å². The van der Waals surface area contributed by atoms with Crippen molar-refractivity contribution in [3.8, 4) is 22.3 Å². The van der Waals surface area contributed by atoms with Crippen molar-refractivity contribution in [1.29, 1.82) is 0 Å². The summed E-state index contributed by atoms with van der Waals surface area (Å²) in [5.74, 6) is 0. The third-order valence-corrected chi connectivity index (χ3v) is 13.4. The molecule has 0 aliphatic heterocycles. The molecule has 0 radical (unpaired) electrons. The number of furan rings is 1. The Balaban J connectivity index is 1.09. The smallest absolute Gasteiger partial charge is 0.159 e. The molecule has 63 heavy (non-hydrogen) atoms. The highest BCUT2D eigenvalue weighted by Gasteiger charge is 2.36. The van der Waals surface area contributed by atoms with Crippen LogP contribution in [0.4, 0.5) is 34.1 Å². The SMILES string of the molecule is Cc1c2c3c(cccc3c3cc(N(c4ccccc4-c4ccccc4)c4cccc5c4oc4ccccc45)ccc13)C(C)(C)c1cc(N(c3ccccc3)c3ccccc3)ccc1-2. The van der Waals surface area contributed by atoms with E-state index in [0.29, 0.717) is 0 Å². The average Bonchev–Trinajstić information content (AvgIpc) is 3.72. The molecule has 1 aromatic heterocycles. The predicted molar refractivity (Wildman–Crippen MR) is 266 cm³/mol. The van der Waals surface area contributed by atoms with Gasteiger partial charge in [-0.2, -0.15) is 0 Å². The highest BCUT2D eigenvalue weighted by Crippen LogP contribution is 2.54. The van der Waals surface area contributed by atoms with E-state index in [9.17, 15) is 0 Å². The minimum atomic E-state index is -0.272. The van der Waals surface area contributed by atoms with Crippen LogP contribution in [-0.4, -0.2) is 0 Å². The van der Waals surface area contributed by atoms with Crippen molar-refractivity contribution in [2.45, 2.75) is 26.2 Å². The molecule has 0 saturated carbocycles. The Morgan fingerprint density at radius 1 is 0.397 bits per heavy atom. The first-order chi connectivity index (χ1) is 31.0. The van der Waals surface area contributed by atoms with Gasteiger partial charge in [0.15, 0.2) is 5.58 Å². The van der Waals surface area contributed by atoms with Gasteiger partial charge in [-0.3, -0.25) is 0 Å². The quantitative estimate of drug-likeness (QED) is 0.150. The molecule has 0 N–H and O–H groups in total. The van der Waals surface area contributed by atoms with Crippen LogP contribution < -0.4 is 9.80 Å². The van der Waals surface area contributed by atoms with E-state index in [1.165, 1.54) is 49.4 Å². The van der Waals surface area contributed by atoms with Gasteiger partial charge in [0.1, 0.15) is 5.58 Å². The lowest BCUT2D eigenvalue weighted by atomic mass is 9.67. The van der Waals surface area contributed by atoms with Gasteiger partial charge in [0.2, 0.25) is 0 Å². The molecule has 11 aromatic rings. The molecule has 0 amide bonds. The van der Waals surface area contributed by atoms with Crippen LogP contribution in [0, 0.1) is 6.92 Å². The van der Waals surface area contributed by atoms with Crippen molar-refractivity contribution in [2.24, 2.45) is 0 Å². The van der Waals surface area contributed by atoms with Crippen LogP contribution in [0.1, 0.15) is 30.5 Å². The van der Waals surface area contributed by atoms with Crippen molar-refractivity contribution in [2.75, 3.05) is 9.80 Å². The number of hydrogen-bond acceptors (Lipinski definition) is 3. The summed E-state index contributed by atoms with van der Waals surface area (Å²) in [6.07, 6.45) is 0. The fraction of sp³-hybridized carbons (Fsp3) is 0.0667. The normalized spacial score (nSPS) is 12.8. The number of anilines is 6. The zero-order valence-corrected chi connectivity index (χ0v) is 35.5. The van der Waals surface area contributed by atoms with Crippen molar-refractivity contribution in [1.82, 2.24) is 0 Å². The minimum absolute atomic E-state index is 0.272. The monoisotopic (exact) mass is 808 g/mol. The molecule has 1 aliphatic rings. The molecule has 1 heterocycles. The maximum atomic E-state index is 6.77. The Labute approximate surface area is 367 Å². The van der Waals surface area contributed by atoms with Gasteiger partial charge in [-0.1, -0.05) is 159 Å². The van der Waals surface area contributed by atoms with Crippen molar-refractivity contribution in [3.05, 3.63) is 229 Å². The summed E-state index contributed by atoms with van der Waals surface area (Å²) in [7, 11) is 0. The Kier molecular flexibility index (Phi) is 8.42. The van der Waals surface area contributed by atoms with E-state index >= 15 is 0 Å². The molecule has 0 bridgehead atoms. The molecule has 0 unspecified atom stereocenters. The van der Waals surface area contributed by atoms with E-state index in [1.54, 1.807) is 0 Å². The zero-order valence-electron chi connectivity index (χ0n) is 35.5. The lowest BCUT2D eigenvalue weighted by Gasteiger charge is -2.37.